The molecule has 0 amide bonds. The predicted octanol–water partition coefficient (Wildman–Crippen LogP) is 3.93. The van der Waals surface area contributed by atoms with Crippen molar-refractivity contribution in [1.29, 1.82) is 0 Å². The van der Waals surface area contributed by atoms with E-state index < -0.39 is 17.3 Å². The Balaban J connectivity index is 1.35. The van der Waals surface area contributed by atoms with Crippen LogP contribution in [-0.4, -0.2) is 100 Å². The molecule has 5 aliphatic carbocycles. The number of hydrogen-bond donors (Lipinski definition) is 0. The van der Waals surface area contributed by atoms with E-state index in [9.17, 15) is 4.79 Å². The average molecular weight is 598 g/mol. The number of hydrogen-bond acceptors (Lipinski definition) is 9. The van der Waals surface area contributed by atoms with Crippen LogP contribution >= 0.6 is 0 Å². The molecular formula is C34H47NO8. The molecule has 3 spiro atoms. The van der Waals surface area contributed by atoms with Crippen LogP contribution in [0.1, 0.15) is 56.8 Å². The topological polar surface area (TPSA) is 84.9 Å². The van der Waals surface area contributed by atoms with E-state index in [1.165, 1.54) is 0 Å². The highest BCUT2D eigenvalue weighted by atomic mass is 16.7. The SMILES string of the molecule is CCOc1ccc(C(=O)O[C@H]2[C@@H]3[C@@]4(C)CC[C@H](OC)[C@@]35[C@@H]3C[C@H]6[C@H](OC)[C@@H]3[C@@]3(C[C@@H]6OC)OCO[C@]23[C@H]5N(CC)C4)cc1. The zero-order chi connectivity index (χ0) is 29.9. The third-order valence-corrected chi connectivity index (χ3v) is 13.4. The first kappa shape index (κ1) is 28.7. The number of rotatable bonds is 8. The van der Waals surface area contributed by atoms with Gasteiger partial charge in [-0.25, -0.2) is 4.79 Å². The number of ether oxygens (including phenoxy) is 7. The Morgan fingerprint density at radius 3 is 2.53 bits per heavy atom. The van der Waals surface area contributed by atoms with Gasteiger partial charge in [-0.2, -0.15) is 0 Å². The molecule has 8 rings (SSSR count). The van der Waals surface area contributed by atoms with Crippen molar-refractivity contribution in [2.45, 2.75) is 88.1 Å². The summed E-state index contributed by atoms with van der Waals surface area (Å²) in [6.07, 6.45) is 3.15. The van der Waals surface area contributed by atoms with Crippen molar-refractivity contribution in [3.8, 4) is 5.75 Å². The van der Waals surface area contributed by atoms with Gasteiger partial charge >= 0.3 is 5.97 Å². The summed E-state index contributed by atoms with van der Waals surface area (Å²) in [6.45, 7) is 9.20. The zero-order valence-corrected chi connectivity index (χ0v) is 26.4. The van der Waals surface area contributed by atoms with Crippen molar-refractivity contribution in [3.05, 3.63) is 29.8 Å². The van der Waals surface area contributed by atoms with Crippen molar-refractivity contribution in [2.75, 3.05) is 47.8 Å². The molecule has 2 aliphatic heterocycles. The van der Waals surface area contributed by atoms with E-state index >= 15 is 0 Å². The van der Waals surface area contributed by atoms with Gasteiger partial charge in [-0.1, -0.05) is 13.8 Å². The van der Waals surface area contributed by atoms with Gasteiger partial charge in [0, 0.05) is 57.5 Å². The normalized spacial score (nSPS) is 50.4. The maximum Gasteiger partial charge on any atom is 0.338 e. The second-order valence-electron chi connectivity index (χ2n) is 14.4. The Morgan fingerprint density at radius 1 is 1.07 bits per heavy atom. The maximum absolute atomic E-state index is 14.2. The van der Waals surface area contributed by atoms with Crippen molar-refractivity contribution in [3.63, 3.8) is 0 Å². The molecule has 7 bridgehead atoms. The van der Waals surface area contributed by atoms with Crippen molar-refractivity contribution in [1.82, 2.24) is 4.90 Å². The van der Waals surface area contributed by atoms with Crippen LogP contribution in [-0.2, 0) is 28.4 Å². The summed E-state index contributed by atoms with van der Waals surface area (Å²) < 4.78 is 45.8. The lowest BCUT2D eigenvalue weighted by molar-refractivity contribution is -0.282. The van der Waals surface area contributed by atoms with Crippen LogP contribution in [0.3, 0.4) is 0 Å². The van der Waals surface area contributed by atoms with Crippen molar-refractivity contribution < 1.29 is 38.0 Å². The molecule has 0 radical (unpaired) electrons. The number of carbonyl (C=O) groups excluding carboxylic acids is 1. The molecule has 0 unspecified atom stereocenters. The minimum Gasteiger partial charge on any atom is -0.494 e. The first-order chi connectivity index (χ1) is 20.8. The highest BCUT2D eigenvalue weighted by Crippen LogP contribution is 2.82. The van der Waals surface area contributed by atoms with Gasteiger partial charge in [-0.3, -0.25) is 4.90 Å². The summed E-state index contributed by atoms with van der Waals surface area (Å²) in [7, 11) is 5.52. The monoisotopic (exact) mass is 597 g/mol. The highest BCUT2D eigenvalue weighted by molar-refractivity contribution is 5.89. The van der Waals surface area contributed by atoms with Gasteiger partial charge in [0.05, 0.1) is 36.5 Å². The molecule has 1 aromatic carbocycles. The van der Waals surface area contributed by atoms with Crippen LogP contribution in [0.5, 0.6) is 5.75 Å². The number of carbonyl (C=O) groups is 1. The average Bonchev–Trinajstić information content (AvgIpc) is 3.60. The molecule has 7 aliphatic rings. The third-order valence-electron chi connectivity index (χ3n) is 13.4. The van der Waals surface area contributed by atoms with Crippen molar-refractivity contribution >= 4 is 5.97 Å². The molecule has 236 valence electrons. The number of methoxy groups -OCH3 is 3. The lowest BCUT2D eigenvalue weighted by Gasteiger charge is -2.69. The number of esters is 1. The Kier molecular flexibility index (Phi) is 6.43. The minimum atomic E-state index is -0.877. The minimum absolute atomic E-state index is 0.0120. The lowest BCUT2D eigenvalue weighted by atomic mass is 9.43. The van der Waals surface area contributed by atoms with Crippen LogP contribution in [0.15, 0.2) is 24.3 Å². The largest absolute Gasteiger partial charge is 0.494 e. The predicted molar refractivity (Wildman–Crippen MR) is 156 cm³/mol. The number of nitrogens with zero attached hydrogens (tertiary/aromatic N) is 1. The summed E-state index contributed by atoms with van der Waals surface area (Å²) >= 11 is 0. The maximum atomic E-state index is 14.2. The van der Waals surface area contributed by atoms with Gasteiger partial charge in [0.25, 0.3) is 0 Å². The van der Waals surface area contributed by atoms with Crippen LogP contribution in [0, 0.1) is 34.5 Å². The second kappa shape index (κ2) is 9.63. The zero-order valence-electron chi connectivity index (χ0n) is 26.4. The van der Waals surface area contributed by atoms with Gasteiger partial charge < -0.3 is 33.2 Å². The fourth-order valence-electron chi connectivity index (χ4n) is 12.6. The molecule has 7 fully saturated rings. The Labute approximate surface area is 254 Å². The molecule has 5 saturated carbocycles. The quantitative estimate of drug-likeness (QED) is 0.414. The lowest BCUT2D eigenvalue weighted by Crippen LogP contribution is -2.81. The van der Waals surface area contributed by atoms with E-state index in [-0.39, 0.29) is 71.6 Å². The number of piperidine rings is 1. The Morgan fingerprint density at radius 2 is 1.86 bits per heavy atom. The fraction of sp³-hybridized carbons (Fsp3) is 0.794. The molecule has 9 heteroatoms. The van der Waals surface area contributed by atoms with Gasteiger partial charge in [0.1, 0.15) is 24.2 Å². The van der Waals surface area contributed by atoms with E-state index in [1.807, 2.05) is 40.4 Å². The number of likely N-dealkylation sites (tertiary alicyclic amines) is 1. The number of fused-ring (bicyclic) bond motifs is 1. The molecular weight excluding hydrogens is 550 g/mol. The first-order valence-electron chi connectivity index (χ1n) is 16.4. The summed E-state index contributed by atoms with van der Waals surface area (Å²) in [6, 6.07) is 7.28. The first-order valence-corrected chi connectivity index (χ1v) is 16.4. The van der Waals surface area contributed by atoms with E-state index in [2.05, 4.69) is 18.7 Å². The highest BCUT2D eigenvalue weighted by Gasteiger charge is 2.94. The van der Waals surface area contributed by atoms with Crippen LogP contribution in [0.2, 0.25) is 0 Å². The molecule has 1 aromatic rings. The molecule has 2 heterocycles. The second-order valence-corrected chi connectivity index (χ2v) is 14.4. The molecule has 0 N–H and O–H groups in total. The van der Waals surface area contributed by atoms with E-state index in [4.69, 9.17) is 33.2 Å². The van der Waals surface area contributed by atoms with Gasteiger partial charge in [0.15, 0.2) is 5.60 Å². The number of likely N-dealkylation sites (N-methyl/N-ethyl adjacent to an activating group) is 1. The third kappa shape index (κ3) is 3.17. The standard InChI is InChI=1S/C34H47NO8/c1-7-35-17-31(3)14-13-24(38-5)33-22-15-21-23(37-4)16-32(25(22)26(21)39-6)34(30(33)35,42-18-41-32)28(27(31)33)43-29(36)19-9-11-20(12-10-19)40-8-2/h9-12,21-28,30H,7-8,13-18H2,1-6H3/t21-,22-,23+,24+,25-,26+,27-,28+,30+,31+,32-,33+,34+/m1/s1. The van der Waals surface area contributed by atoms with E-state index in [1.54, 1.807) is 12.1 Å². The molecule has 0 aromatic heterocycles. The van der Waals surface area contributed by atoms with Gasteiger partial charge in [0.2, 0.25) is 0 Å². The van der Waals surface area contributed by atoms with E-state index in [0.717, 1.165) is 38.1 Å². The van der Waals surface area contributed by atoms with Crippen molar-refractivity contribution in [2.24, 2.45) is 34.5 Å². The molecule has 9 nitrogen and oxygen atoms in total. The summed E-state index contributed by atoms with van der Waals surface area (Å²) in [5, 5.41) is 0. The Hall–Kier alpha value is -1.75. The number of benzene rings is 1. The van der Waals surface area contributed by atoms with Crippen LogP contribution < -0.4 is 4.74 Å². The molecule has 2 saturated heterocycles. The van der Waals surface area contributed by atoms with Crippen LogP contribution in [0.4, 0.5) is 0 Å². The van der Waals surface area contributed by atoms with Gasteiger partial charge in [-0.05, 0) is 68.3 Å². The molecule has 13 atom stereocenters. The molecule has 43 heavy (non-hydrogen) atoms. The van der Waals surface area contributed by atoms with E-state index in [0.29, 0.717) is 18.6 Å². The van der Waals surface area contributed by atoms with Crippen LogP contribution in [0.25, 0.3) is 0 Å². The Bertz CT molecular complexity index is 1280. The summed E-state index contributed by atoms with van der Waals surface area (Å²) in [4.78, 5) is 16.8. The summed E-state index contributed by atoms with van der Waals surface area (Å²) in [5.41, 5.74) is -1.43. The van der Waals surface area contributed by atoms with Gasteiger partial charge in [-0.15, -0.1) is 0 Å². The summed E-state index contributed by atoms with van der Waals surface area (Å²) in [5.74, 6) is 1.11. The fourth-order valence-corrected chi connectivity index (χ4v) is 12.6. The smallest absolute Gasteiger partial charge is 0.338 e.